The SMILES string of the molecule is CC1(C)C2CCC3=NS(=O)(=O)CC321. The zero-order chi connectivity index (χ0) is 9.48. The highest BCUT2D eigenvalue weighted by Crippen LogP contribution is 2.77. The van der Waals surface area contributed by atoms with Crippen molar-refractivity contribution in [3.05, 3.63) is 0 Å². The van der Waals surface area contributed by atoms with Gasteiger partial charge in [-0.05, 0) is 24.2 Å². The third kappa shape index (κ3) is 0.652. The Labute approximate surface area is 78.3 Å². The van der Waals surface area contributed by atoms with Gasteiger partial charge in [0.2, 0.25) is 0 Å². The highest BCUT2D eigenvalue weighted by Gasteiger charge is 2.78. The fourth-order valence-electron chi connectivity index (χ4n) is 3.64. The van der Waals surface area contributed by atoms with Crippen LogP contribution in [-0.2, 0) is 10.0 Å². The van der Waals surface area contributed by atoms with E-state index < -0.39 is 10.0 Å². The summed E-state index contributed by atoms with van der Waals surface area (Å²) in [5.74, 6) is 0.864. The second-order valence-corrected chi connectivity index (χ2v) is 6.68. The van der Waals surface area contributed by atoms with Gasteiger partial charge in [0, 0.05) is 11.1 Å². The molecule has 4 heteroatoms. The fourth-order valence-corrected chi connectivity index (χ4v) is 5.61. The molecule has 2 saturated carbocycles. The summed E-state index contributed by atoms with van der Waals surface area (Å²) in [6.45, 7) is 4.35. The van der Waals surface area contributed by atoms with Crippen LogP contribution in [0.3, 0.4) is 0 Å². The third-order valence-electron chi connectivity index (χ3n) is 4.38. The Kier molecular flexibility index (Phi) is 1.05. The van der Waals surface area contributed by atoms with E-state index in [0.717, 1.165) is 18.6 Å². The van der Waals surface area contributed by atoms with Crippen molar-refractivity contribution in [2.45, 2.75) is 26.7 Å². The molecule has 1 spiro atoms. The molecule has 0 bridgehead atoms. The van der Waals surface area contributed by atoms with Crippen LogP contribution in [0.5, 0.6) is 0 Å². The predicted octanol–water partition coefficient (Wildman–Crippen LogP) is 1.21. The fraction of sp³-hybridized carbons (Fsp3) is 0.889. The molecule has 0 aromatic rings. The largest absolute Gasteiger partial charge is 0.254 e. The molecule has 1 aliphatic heterocycles. The average molecular weight is 199 g/mol. The summed E-state index contributed by atoms with van der Waals surface area (Å²) in [5.41, 5.74) is 1.13. The highest BCUT2D eigenvalue weighted by atomic mass is 32.2. The molecule has 2 unspecified atom stereocenters. The summed E-state index contributed by atoms with van der Waals surface area (Å²) in [6, 6.07) is 0. The average Bonchev–Trinajstić information content (AvgIpc) is 2.28. The Bertz CT molecular complexity index is 421. The van der Waals surface area contributed by atoms with Gasteiger partial charge in [-0.2, -0.15) is 4.40 Å². The molecule has 3 rings (SSSR count). The van der Waals surface area contributed by atoms with Gasteiger partial charge in [0.15, 0.2) is 0 Å². The van der Waals surface area contributed by atoms with Gasteiger partial charge in [-0.15, -0.1) is 0 Å². The number of hydrogen-bond donors (Lipinski definition) is 0. The zero-order valence-electron chi connectivity index (χ0n) is 7.87. The van der Waals surface area contributed by atoms with Crippen molar-refractivity contribution < 1.29 is 8.42 Å². The summed E-state index contributed by atoms with van der Waals surface area (Å²) in [4.78, 5) is 0. The summed E-state index contributed by atoms with van der Waals surface area (Å²) >= 11 is 0. The summed E-state index contributed by atoms with van der Waals surface area (Å²) < 4.78 is 26.6. The molecule has 72 valence electrons. The molecule has 0 amide bonds. The minimum Gasteiger partial charge on any atom is -0.205 e. The molecule has 2 fully saturated rings. The van der Waals surface area contributed by atoms with E-state index in [1.165, 1.54) is 0 Å². The van der Waals surface area contributed by atoms with Gasteiger partial charge in [-0.3, -0.25) is 0 Å². The smallest absolute Gasteiger partial charge is 0.205 e. The van der Waals surface area contributed by atoms with Crippen molar-refractivity contribution in [1.29, 1.82) is 0 Å². The molecule has 0 aromatic carbocycles. The molecule has 3 aliphatic rings. The van der Waals surface area contributed by atoms with Crippen molar-refractivity contribution in [2.75, 3.05) is 5.75 Å². The highest BCUT2D eigenvalue weighted by molar-refractivity contribution is 7.90. The second-order valence-electron chi connectivity index (χ2n) is 5.05. The minimum atomic E-state index is -3.11. The van der Waals surface area contributed by atoms with E-state index in [1.807, 2.05) is 0 Å². The summed E-state index contributed by atoms with van der Waals surface area (Å²) in [6.07, 6.45) is 2.05. The monoisotopic (exact) mass is 199 g/mol. The molecule has 0 radical (unpaired) electrons. The van der Waals surface area contributed by atoms with Crippen LogP contribution in [0.2, 0.25) is 0 Å². The number of nitrogens with zero attached hydrogens (tertiary/aromatic N) is 1. The molecule has 0 saturated heterocycles. The lowest BCUT2D eigenvalue weighted by Crippen LogP contribution is -2.19. The molecule has 2 aliphatic carbocycles. The first-order chi connectivity index (χ1) is 5.90. The maximum Gasteiger partial charge on any atom is 0.254 e. The molecule has 3 nitrogen and oxygen atoms in total. The van der Waals surface area contributed by atoms with Crippen LogP contribution >= 0.6 is 0 Å². The molecule has 13 heavy (non-hydrogen) atoms. The molecule has 1 heterocycles. The standard InChI is InChI=1S/C9H13NO2S/c1-8(2)6-3-4-7-9(6,8)5-13(11,12)10-7/h6H,3-5H2,1-2H3. The molecular formula is C9H13NO2S. The first kappa shape index (κ1) is 7.97. The maximum atomic E-state index is 11.4. The van der Waals surface area contributed by atoms with E-state index in [0.29, 0.717) is 5.92 Å². The van der Waals surface area contributed by atoms with Gasteiger partial charge < -0.3 is 0 Å². The summed E-state index contributed by atoms with van der Waals surface area (Å²) in [5, 5.41) is 0. The minimum absolute atomic E-state index is 0.0359. The Morgan fingerprint density at radius 3 is 2.69 bits per heavy atom. The van der Waals surface area contributed by atoms with Gasteiger partial charge in [0.05, 0.1) is 5.75 Å². The van der Waals surface area contributed by atoms with Gasteiger partial charge in [0.25, 0.3) is 10.0 Å². The van der Waals surface area contributed by atoms with Crippen LogP contribution in [0.4, 0.5) is 0 Å². The number of rotatable bonds is 0. The Balaban J connectivity index is 2.18. The van der Waals surface area contributed by atoms with Crippen LogP contribution in [0.25, 0.3) is 0 Å². The van der Waals surface area contributed by atoms with Crippen molar-refractivity contribution in [2.24, 2.45) is 21.1 Å². The molecule has 0 aromatic heterocycles. The van der Waals surface area contributed by atoms with E-state index in [4.69, 9.17) is 0 Å². The quantitative estimate of drug-likeness (QED) is 0.588. The normalized spacial score (nSPS) is 48.2. The van der Waals surface area contributed by atoms with Crippen LogP contribution in [-0.4, -0.2) is 19.9 Å². The van der Waals surface area contributed by atoms with Crippen molar-refractivity contribution >= 4 is 15.7 Å². The van der Waals surface area contributed by atoms with Crippen molar-refractivity contribution in [3.8, 4) is 0 Å². The second kappa shape index (κ2) is 1.72. The third-order valence-corrected chi connectivity index (χ3v) is 5.70. The van der Waals surface area contributed by atoms with E-state index in [-0.39, 0.29) is 16.6 Å². The van der Waals surface area contributed by atoms with Gasteiger partial charge in [0.1, 0.15) is 0 Å². The van der Waals surface area contributed by atoms with Crippen molar-refractivity contribution in [1.82, 2.24) is 0 Å². The molecular weight excluding hydrogens is 186 g/mol. The lowest BCUT2D eigenvalue weighted by atomic mass is 9.91. The van der Waals surface area contributed by atoms with Crippen LogP contribution in [0, 0.1) is 16.7 Å². The first-order valence-corrected chi connectivity index (χ1v) is 6.33. The van der Waals surface area contributed by atoms with Gasteiger partial charge in [-0.1, -0.05) is 13.8 Å². The van der Waals surface area contributed by atoms with Crippen LogP contribution in [0.1, 0.15) is 26.7 Å². The van der Waals surface area contributed by atoms with Crippen LogP contribution in [0.15, 0.2) is 4.40 Å². The summed E-state index contributed by atoms with van der Waals surface area (Å²) in [7, 11) is -3.11. The lowest BCUT2D eigenvalue weighted by Gasteiger charge is -2.12. The molecule has 2 atom stereocenters. The topological polar surface area (TPSA) is 46.5 Å². The molecule has 0 N–H and O–H groups in total. The van der Waals surface area contributed by atoms with Gasteiger partial charge >= 0.3 is 0 Å². The number of sulfonamides is 1. The van der Waals surface area contributed by atoms with E-state index in [9.17, 15) is 8.42 Å². The Morgan fingerprint density at radius 2 is 2.15 bits per heavy atom. The Hall–Kier alpha value is -0.380. The zero-order valence-corrected chi connectivity index (χ0v) is 8.69. The van der Waals surface area contributed by atoms with E-state index >= 15 is 0 Å². The maximum absolute atomic E-state index is 11.4. The van der Waals surface area contributed by atoms with Crippen molar-refractivity contribution in [3.63, 3.8) is 0 Å². The Morgan fingerprint density at radius 1 is 1.46 bits per heavy atom. The van der Waals surface area contributed by atoms with E-state index in [1.54, 1.807) is 0 Å². The first-order valence-electron chi connectivity index (χ1n) is 4.72. The lowest BCUT2D eigenvalue weighted by molar-refractivity contribution is 0.494. The van der Waals surface area contributed by atoms with E-state index in [2.05, 4.69) is 18.2 Å². The van der Waals surface area contributed by atoms with Crippen LogP contribution < -0.4 is 0 Å². The number of hydrogen-bond acceptors (Lipinski definition) is 2. The van der Waals surface area contributed by atoms with Gasteiger partial charge in [-0.25, -0.2) is 8.42 Å². The predicted molar refractivity (Wildman–Crippen MR) is 50.2 cm³/mol.